The van der Waals surface area contributed by atoms with Crippen molar-refractivity contribution < 1.29 is 4.79 Å². The molecule has 0 atom stereocenters. The van der Waals surface area contributed by atoms with Crippen molar-refractivity contribution in [3.8, 4) is 0 Å². The van der Waals surface area contributed by atoms with E-state index in [0.29, 0.717) is 6.54 Å². The third kappa shape index (κ3) is 2.02. The summed E-state index contributed by atoms with van der Waals surface area (Å²) in [5.41, 5.74) is 1.12. The molecular formula is C10H13N3O. The van der Waals surface area contributed by atoms with Gasteiger partial charge in [0.15, 0.2) is 0 Å². The maximum Gasteiger partial charge on any atom is 0.317 e. The minimum atomic E-state index is 0.0352. The molecule has 2 rings (SSSR count). The average Bonchev–Trinajstić information content (AvgIpc) is 2.23. The van der Waals surface area contributed by atoms with Crippen molar-refractivity contribution in [2.75, 3.05) is 13.1 Å². The first-order valence-electron chi connectivity index (χ1n) is 4.78. The van der Waals surface area contributed by atoms with Crippen LogP contribution in [0.1, 0.15) is 12.0 Å². The highest BCUT2D eigenvalue weighted by molar-refractivity contribution is 5.74. The number of rotatable bonds is 2. The van der Waals surface area contributed by atoms with E-state index in [0.717, 1.165) is 25.1 Å². The Morgan fingerprint density at radius 1 is 1.43 bits per heavy atom. The summed E-state index contributed by atoms with van der Waals surface area (Å²) in [5, 5.41) is 2.82. The van der Waals surface area contributed by atoms with Crippen molar-refractivity contribution in [3.63, 3.8) is 0 Å². The number of pyridine rings is 1. The summed E-state index contributed by atoms with van der Waals surface area (Å²) in [4.78, 5) is 17.2. The van der Waals surface area contributed by atoms with E-state index in [9.17, 15) is 4.79 Å². The molecule has 1 aliphatic heterocycles. The molecule has 1 fully saturated rings. The van der Waals surface area contributed by atoms with Gasteiger partial charge in [-0.1, -0.05) is 0 Å². The lowest BCUT2D eigenvalue weighted by molar-refractivity contribution is 0.183. The largest absolute Gasteiger partial charge is 0.338 e. The molecule has 0 aliphatic carbocycles. The van der Waals surface area contributed by atoms with Crippen LogP contribution < -0.4 is 5.32 Å². The van der Waals surface area contributed by atoms with Gasteiger partial charge in [-0.05, 0) is 24.1 Å². The van der Waals surface area contributed by atoms with Crippen LogP contribution in [0, 0.1) is 0 Å². The van der Waals surface area contributed by atoms with E-state index >= 15 is 0 Å². The van der Waals surface area contributed by atoms with E-state index in [-0.39, 0.29) is 6.03 Å². The predicted molar refractivity (Wildman–Crippen MR) is 52.7 cm³/mol. The normalized spacial score (nSPS) is 16.6. The van der Waals surface area contributed by atoms with Crippen LogP contribution in [0.2, 0.25) is 0 Å². The minimum absolute atomic E-state index is 0.0352. The second kappa shape index (κ2) is 4.09. The number of hydrogen-bond acceptors (Lipinski definition) is 2. The Kier molecular flexibility index (Phi) is 2.62. The zero-order chi connectivity index (χ0) is 9.80. The molecule has 0 saturated carbocycles. The molecule has 1 aliphatic rings. The molecule has 4 nitrogen and oxygen atoms in total. The van der Waals surface area contributed by atoms with Gasteiger partial charge in [0, 0.05) is 32.0 Å². The fraction of sp³-hybridized carbons (Fsp3) is 0.400. The summed E-state index contributed by atoms with van der Waals surface area (Å²) >= 11 is 0. The zero-order valence-electron chi connectivity index (χ0n) is 7.94. The molecule has 1 saturated heterocycles. The molecular weight excluding hydrogens is 178 g/mol. The predicted octanol–water partition coefficient (Wildman–Crippen LogP) is 0.997. The number of urea groups is 1. The molecule has 1 aromatic rings. The highest BCUT2D eigenvalue weighted by Crippen LogP contribution is 2.06. The third-order valence-corrected chi connectivity index (χ3v) is 2.29. The van der Waals surface area contributed by atoms with Gasteiger partial charge in [-0.3, -0.25) is 4.98 Å². The Hall–Kier alpha value is -1.58. The summed E-state index contributed by atoms with van der Waals surface area (Å²) in [7, 11) is 0. The van der Waals surface area contributed by atoms with Crippen molar-refractivity contribution in [2.45, 2.75) is 13.0 Å². The van der Waals surface area contributed by atoms with Crippen LogP contribution in [0.25, 0.3) is 0 Å². The molecule has 0 spiro atoms. The fourth-order valence-electron chi connectivity index (χ4n) is 1.54. The van der Waals surface area contributed by atoms with Crippen LogP contribution in [0.5, 0.6) is 0 Å². The average molecular weight is 191 g/mol. The Morgan fingerprint density at radius 3 is 2.93 bits per heavy atom. The maximum atomic E-state index is 11.4. The van der Waals surface area contributed by atoms with E-state index in [2.05, 4.69) is 10.3 Å². The van der Waals surface area contributed by atoms with Gasteiger partial charge in [0.2, 0.25) is 0 Å². The Labute approximate surface area is 82.9 Å². The molecule has 2 heterocycles. The van der Waals surface area contributed by atoms with Gasteiger partial charge in [0.1, 0.15) is 0 Å². The lowest BCUT2D eigenvalue weighted by atomic mass is 10.2. The highest BCUT2D eigenvalue weighted by Gasteiger charge is 2.16. The number of nitrogens with zero attached hydrogens (tertiary/aromatic N) is 2. The highest BCUT2D eigenvalue weighted by atomic mass is 16.2. The lowest BCUT2D eigenvalue weighted by Gasteiger charge is -2.27. The summed E-state index contributed by atoms with van der Waals surface area (Å²) in [6.45, 7) is 2.31. The number of nitrogens with one attached hydrogen (secondary N) is 1. The molecule has 0 radical (unpaired) electrons. The summed E-state index contributed by atoms with van der Waals surface area (Å²) in [6.07, 6.45) is 4.52. The topological polar surface area (TPSA) is 45.2 Å². The smallest absolute Gasteiger partial charge is 0.317 e. The molecule has 2 amide bonds. The molecule has 0 unspecified atom stereocenters. The first-order chi connectivity index (χ1) is 6.86. The van der Waals surface area contributed by atoms with Crippen LogP contribution in [0.15, 0.2) is 24.5 Å². The number of hydrogen-bond donors (Lipinski definition) is 1. The summed E-state index contributed by atoms with van der Waals surface area (Å²) in [6, 6.07) is 3.90. The van der Waals surface area contributed by atoms with E-state index in [1.807, 2.05) is 17.0 Å². The van der Waals surface area contributed by atoms with E-state index in [1.54, 1.807) is 12.4 Å². The van der Waals surface area contributed by atoms with Gasteiger partial charge in [-0.25, -0.2) is 4.79 Å². The second-order valence-corrected chi connectivity index (χ2v) is 3.36. The van der Waals surface area contributed by atoms with Crippen LogP contribution in [0.3, 0.4) is 0 Å². The Bertz CT molecular complexity index is 312. The Morgan fingerprint density at radius 2 is 2.21 bits per heavy atom. The fourth-order valence-corrected chi connectivity index (χ4v) is 1.54. The van der Waals surface area contributed by atoms with Crippen LogP contribution in [0.4, 0.5) is 4.79 Å². The summed E-state index contributed by atoms with van der Waals surface area (Å²) in [5.74, 6) is 0. The molecule has 74 valence electrons. The standard InChI is InChI=1S/C10H13N3O/c14-10-12-4-1-7-13(10)8-9-2-5-11-6-3-9/h2-3,5-6H,1,4,7-8H2,(H,12,14). The molecule has 0 aromatic carbocycles. The van der Waals surface area contributed by atoms with Gasteiger partial charge in [0.05, 0.1) is 0 Å². The second-order valence-electron chi connectivity index (χ2n) is 3.36. The van der Waals surface area contributed by atoms with Crippen LogP contribution >= 0.6 is 0 Å². The maximum absolute atomic E-state index is 11.4. The first kappa shape index (κ1) is 8.99. The van der Waals surface area contributed by atoms with Gasteiger partial charge in [-0.2, -0.15) is 0 Å². The lowest BCUT2D eigenvalue weighted by Crippen LogP contribution is -2.45. The Balaban J connectivity index is 2.00. The first-order valence-corrected chi connectivity index (χ1v) is 4.78. The van der Waals surface area contributed by atoms with Crippen molar-refractivity contribution in [3.05, 3.63) is 30.1 Å². The van der Waals surface area contributed by atoms with Crippen molar-refractivity contribution >= 4 is 6.03 Å². The van der Waals surface area contributed by atoms with Gasteiger partial charge >= 0.3 is 6.03 Å². The number of carbonyl (C=O) groups excluding carboxylic acids is 1. The summed E-state index contributed by atoms with van der Waals surface area (Å²) < 4.78 is 0. The third-order valence-electron chi connectivity index (χ3n) is 2.29. The van der Waals surface area contributed by atoms with Crippen molar-refractivity contribution in [1.29, 1.82) is 0 Å². The van der Waals surface area contributed by atoms with E-state index in [4.69, 9.17) is 0 Å². The van der Waals surface area contributed by atoms with Crippen LogP contribution in [-0.2, 0) is 6.54 Å². The number of amides is 2. The van der Waals surface area contributed by atoms with Gasteiger partial charge in [0.25, 0.3) is 0 Å². The molecule has 4 heteroatoms. The van der Waals surface area contributed by atoms with Gasteiger partial charge in [-0.15, -0.1) is 0 Å². The van der Waals surface area contributed by atoms with E-state index in [1.165, 1.54) is 0 Å². The molecule has 1 aromatic heterocycles. The monoisotopic (exact) mass is 191 g/mol. The van der Waals surface area contributed by atoms with Crippen LogP contribution in [-0.4, -0.2) is 29.0 Å². The molecule has 0 bridgehead atoms. The number of carbonyl (C=O) groups is 1. The van der Waals surface area contributed by atoms with Crippen molar-refractivity contribution in [2.24, 2.45) is 0 Å². The zero-order valence-corrected chi connectivity index (χ0v) is 7.94. The van der Waals surface area contributed by atoms with E-state index < -0.39 is 0 Å². The van der Waals surface area contributed by atoms with Gasteiger partial charge < -0.3 is 10.2 Å². The van der Waals surface area contributed by atoms with Crippen molar-refractivity contribution in [1.82, 2.24) is 15.2 Å². The SMILES string of the molecule is O=C1NCCCN1Cc1ccncc1. The minimum Gasteiger partial charge on any atom is -0.338 e. The molecule has 14 heavy (non-hydrogen) atoms. The number of aromatic nitrogens is 1. The quantitative estimate of drug-likeness (QED) is 0.757. The molecule has 1 N–H and O–H groups in total.